The second kappa shape index (κ2) is 4.65. The number of Topliss-reactive ketones (excluding diaryl/α,β-unsaturated/α-hetero) is 1. The van der Waals surface area contributed by atoms with Gasteiger partial charge in [0.1, 0.15) is 0 Å². The van der Waals surface area contributed by atoms with Crippen LogP contribution < -0.4 is 5.73 Å². The summed E-state index contributed by atoms with van der Waals surface area (Å²) >= 11 is 0. The van der Waals surface area contributed by atoms with Gasteiger partial charge in [0, 0.05) is 18.0 Å². The van der Waals surface area contributed by atoms with Gasteiger partial charge < -0.3 is 5.73 Å². The van der Waals surface area contributed by atoms with Crippen LogP contribution in [0.5, 0.6) is 0 Å². The Morgan fingerprint density at radius 2 is 1.94 bits per heavy atom. The minimum absolute atomic E-state index is 0.0902. The van der Waals surface area contributed by atoms with Gasteiger partial charge in [0.25, 0.3) is 0 Å². The molecule has 0 aliphatic carbocycles. The Labute approximate surface area is 91.3 Å². The maximum atomic E-state index is 12.6. The lowest BCUT2D eigenvalue weighted by atomic mass is 9.99. The molecule has 88 valence electrons. The quantitative estimate of drug-likeness (QED) is 0.812. The topological polar surface area (TPSA) is 43.1 Å². The minimum Gasteiger partial charge on any atom is -0.328 e. The van der Waals surface area contributed by atoms with Crippen molar-refractivity contribution < 1.29 is 18.0 Å². The summed E-state index contributed by atoms with van der Waals surface area (Å²) in [6, 6.07) is 4.28. The molecule has 0 aliphatic heterocycles. The maximum absolute atomic E-state index is 12.6. The smallest absolute Gasteiger partial charge is 0.328 e. The fourth-order valence-corrected chi connectivity index (χ4v) is 1.38. The number of rotatable bonds is 3. The summed E-state index contributed by atoms with van der Waals surface area (Å²) in [6.07, 6.45) is -4.60. The monoisotopic (exact) mass is 231 g/mol. The van der Waals surface area contributed by atoms with Crippen molar-refractivity contribution in [3.05, 3.63) is 35.4 Å². The summed E-state index contributed by atoms with van der Waals surface area (Å²) in [5, 5.41) is 0. The molecule has 0 aromatic heterocycles. The molecule has 5 heteroatoms. The van der Waals surface area contributed by atoms with Crippen LogP contribution in [0.4, 0.5) is 13.2 Å². The Hall–Kier alpha value is -1.36. The fourth-order valence-electron chi connectivity index (χ4n) is 1.38. The molecule has 1 unspecified atom stereocenters. The molecule has 2 nitrogen and oxygen atoms in total. The average molecular weight is 231 g/mol. The highest BCUT2D eigenvalue weighted by Gasteiger charge is 2.34. The summed E-state index contributed by atoms with van der Waals surface area (Å²) in [7, 11) is 0. The Morgan fingerprint density at radius 1 is 1.38 bits per heavy atom. The summed E-state index contributed by atoms with van der Waals surface area (Å²) in [5.41, 5.74) is 4.17. The molecule has 1 aromatic rings. The van der Waals surface area contributed by atoms with Crippen molar-refractivity contribution in [2.45, 2.75) is 25.6 Å². The van der Waals surface area contributed by atoms with Gasteiger partial charge in [-0.2, -0.15) is 13.2 Å². The molecule has 0 spiro atoms. The molecule has 16 heavy (non-hydrogen) atoms. The standard InChI is InChI=1S/C11H12F3NO/c1-7(15)6-10(16)8-4-2-3-5-9(8)11(12,13)14/h2-5,7H,6,15H2,1H3. The third-order valence-electron chi connectivity index (χ3n) is 2.04. The minimum atomic E-state index is -4.51. The Kier molecular flexibility index (Phi) is 3.70. The van der Waals surface area contributed by atoms with Gasteiger partial charge in [-0.05, 0) is 13.0 Å². The number of carbonyl (C=O) groups excluding carboxylic acids is 1. The van der Waals surface area contributed by atoms with Crippen LogP contribution in [0.25, 0.3) is 0 Å². The molecular formula is C11H12F3NO. The van der Waals surface area contributed by atoms with Gasteiger partial charge in [0.2, 0.25) is 0 Å². The van der Waals surface area contributed by atoms with Gasteiger partial charge in [0.05, 0.1) is 5.56 Å². The van der Waals surface area contributed by atoms with Crippen molar-refractivity contribution in [3.8, 4) is 0 Å². The highest BCUT2D eigenvalue weighted by molar-refractivity contribution is 5.98. The van der Waals surface area contributed by atoms with E-state index in [1.54, 1.807) is 6.92 Å². The number of alkyl halides is 3. The van der Waals surface area contributed by atoms with E-state index in [1.165, 1.54) is 18.2 Å². The Morgan fingerprint density at radius 3 is 2.44 bits per heavy atom. The second-order valence-electron chi connectivity index (χ2n) is 3.65. The van der Waals surface area contributed by atoms with Crippen LogP contribution in [-0.2, 0) is 6.18 Å². The summed E-state index contributed by atoms with van der Waals surface area (Å²) in [6.45, 7) is 1.58. The summed E-state index contributed by atoms with van der Waals surface area (Å²) < 4.78 is 37.7. The number of halogens is 3. The molecule has 0 fully saturated rings. The molecule has 0 amide bonds. The molecule has 0 saturated heterocycles. The molecule has 0 aliphatic rings. The lowest BCUT2D eigenvalue weighted by molar-refractivity contribution is -0.137. The van der Waals surface area contributed by atoms with Crippen LogP contribution in [-0.4, -0.2) is 11.8 Å². The zero-order valence-electron chi connectivity index (χ0n) is 8.71. The van der Waals surface area contributed by atoms with E-state index in [-0.39, 0.29) is 12.0 Å². The van der Waals surface area contributed by atoms with Crippen molar-refractivity contribution in [1.29, 1.82) is 0 Å². The average Bonchev–Trinajstić information content (AvgIpc) is 2.15. The van der Waals surface area contributed by atoms with Crippen LogP contribution in [0.3, 0.4) is 0 Å². The SMILES string of the molecule is CC(N)CC(=O)c1ccccc1C(F)(F)F. The largest absolute Gasteiger partial charge is 0.417 e. The molecule has 0 heterocycles. The van der Waals surface area contributed by atoms with Crippen LogP contribution in [0.15, 0.2) is 24.3 Å². The van der Waals surface area contributed by atoms with Crippen molar-refractivity contribution in [1.82, 2.24) is 0 Å². The zero-order chi connectivity index (χ0) is 12.3. The number of nitrogens with two attached hydrogens (primary N) is 1. The van der Waals surface area contributed by atoms with E-state index < -0.39 is 23.6 Å². The van der Waals surface area contributed by atoms with Crippen molar-refractivity contribution in [2.24, 2.45) is 5.73 Å². The lowest BCUT2D eigenvalue weighted by Crippen LogP contribution is -2.21. The van der Waals surface area contributed by atoms with Crippen LogP contribution in [0, 0.1) is 0 Å². The lowest BCUT2D eigenvalue weighted by Gasteiger charge is -2.12. The van der Waals surface area contributed by atoms with Gasteiger partial charge in [0.15, 0.2) is 5.78 Å². The van der Waals surface area contributed by atoms with E-state index in [0.29, 0.717) is 0 Å². The highest BCUT2D eigenvalue weighted by Crippen LogP contribution is 2.32. The number of carbonyl (C=O) groups is 1. The maximum Gasteiger partial charge on any atom is 0.417 e. The number of hydrogen-bond donors (Lipinski definition) is 1. The van der Waals surface area contributed by atoms with Gasteiger partial charge in [-0.15, -0.1) is 0 Å². The first-order chi connectivity index (χ1) is 7.32. The molecule has 1 aromatic carbocycles. The van der Waals surface area contributed by atoms with Crippen LogP contribution in [0.1, 0.15) is 29.3 Å². The number of benzene rings is 1. The first kappa shape index (κ1) is 12.7. The normalized spacial score (nSPS) is 13.6. The van der Waals surface area contributed by atoms with E-state index >= 15 is 0 Å². The van der Waals surface area contributed by atoms with Gasteiger partial charge in [-0.3, -0.25) is 4.79 Å². The van der Waals surface area contributed by atoms with Crippen LogP contribution in [0.2, 0.25) is 0 Å². The molecule has 1 rings (SSSR count). The summed E-state index contributed by atoms with van der Waals surface area (Å²) in [4.78, 5) is 11.5. The molecule has 1 atom stereocenters. The zero-order valence-corrected chi connectivity index (χ0v) is 8.71. The predicted octanol–water partition coefficient (Wildman–Crippen LogP) is 2.63. The number of hydrogen-bond acceptors (Lipinski definition) is 2. The molecule has 0 radical (unpaired) electrons. The molecule has 0 saturated carbocycles. The molecular weight excluding hydrogens is 219 g/mol. The van der Waals surface area contributed by atoms with E-state index in [9.17, 15) is 18.0 Å². The van der Waals surface area contributed by atoms with Crippen LogP contribution >= 0.6 is 0 Å². The number of ketones is 1. The van der Waals surface area contributed by atoms with Gasteiger partial charge in [-0.1, -0.05) is 18.2 Å². The third kappa shape index (κ3) is 3.06. The van der Waals surface area contributed by atoms with Gasteiger partial charge in [-0.25, -0.2) is 0 Å². The fraction of sp³-hybridized carbons (Fsp3) is 0.364. The van der Waals surface area contributed by atoms with E-state index in [2.05, 4.69) is 0 Å². The second-order valence-corrected chi connectivity index (χ2v) is 3.65. The Balaban J connectivity index is 3.09. The Bertz CT molecular complexity index is 385. The van der Waals surface area contributed by atoms with Crippen molar-refractivity contribution >= 4 is 5.78 Å². The molecule has 0 bridgehead atoms. The first-order valence-corrected chi connectivity index (χ1v) is 4.77. The van der Waals surface area contributed by atoms with E-state index in [0.717, 1.165) is 6.07 Å². The highest BCUT2D eigenvalue weighted by atomic mass is 19.4. The van der Waals surface area contributed by atoms with Crippen molar-refractivity contribution in [2.75, 3.05) is 0 Å². The van der Waals surface area contributed by atoms with E-state index in [4.69, 9.17) is 5.73 Å². The first-order valence-electron chi connectivity index (χ1n) is 4.77. The van der Waals surface area contributed by atoms with Gasteiger partial charge >= 0.3 is 6.18 Å². The van der Waals surface area contributed by atoms with Crippen molar-refractivity contribution in [3.63, 3.8) is 0 Å². The summed E-state index contributed by atoms with van der Waals surface area (Å²) in [5.74, 6) is -0.581. The van der Waals surface area contributed by atoms with E-state index in [1.807, 2.05) is 0 Å². The third-order valence-corrected chi connectivity index (χ3v) is 2.04. The molecule has 2 N–H and O–H groups in total. The predicted molar refractivity (Wildman–Crippen MR) is 54.0 cm³/mol.